The van der Waals surface area contributed by atoms with Crippen molar-refractivity contribution in [3.63, 3.8) is 0 Å². The highest BCUT2D eigenvalue weighted by atomic mass is 16.4. The first kappa shape index (κ1) is 27.5. The zero-order chi connectivity index (χ0) is 27.3. The summed E-state index contributed by atoms with van der Waals surface area (Å²) in [6, 6.07) is 19.0. The first-order chi connectivity index (χ1) is 19.7. The molecule has 3 aliphatic rings. The molecule has 40 heavy (non-hydrogen) atoms. The third-order valence-corrected chi connectivity index (χ3v) is 10.2. The second-order valence-electron chi connectivity index (χ2n) is 12.7. The molecule has 0 radical (unpaired) electrons. The van der Waals surface area contributed by atoms with Gasteiger partial charge < -0.3 is 14.6 Å². The molecule has 6 nitrogen and oxygen atoms in total. The Hall–Kier alpha value is -2.70. The van der Waals surface area contributed by atoms with Gasteiger partial charge in [0.15, 0.2) is 0 Å². The van der Waals surface area contributed by atoms with Gasteiger partial charge in [-0.05, 0) is 87.1 Å². The largest absolute Gasteiger partial charge is 0.480 e. The molecule has 2 aliphatic heterocycles. The molecule has 3 fully saturated rings. The quantitative estimate of drug-likeness (QED) is 0.327. The molecule has 0 spiro atoms. The van der Waals surface area contributed by atoms with Crippen LogP contribution in [0.1, 0.15) is 69.3 Å². The fourth-order valence-corrected chi connectivity index (χ4v) is 8.03. The van der Waals surface area contributed by atoms with Crippen LogP contribution in [-0.4, -0.2) is 69.2 Å². The summed E-state index contributed by atoms with van der Waals surface area (Å²) < 4.78 is 2.30. The SMILES string of the molecule is O=C(O)C(C1CCCCC1)N1CC(CN2CCC(CCCn3cnc4ccccc43)CC2)C(c2ccccc2)C1. The number of aliphatic carboxylic acids is 1. The number of imidazole rings is 1. The van der Waals surface area contributed by atoms with Crippen molar-refractivity contribution < 1.29 is 9.90 Å². The molecular formula is C34H46N4O2. The van der Waals surface area contributed by atoms with Crippen molar-refractivity contribution in [1.82, 2.24) is 19.4 Å². The maximum Gasteiger partial charge on any atom is 0.321 e. The molecule has 2 saturated heterocycles. The van der Waals surface area contributed by atoms with Crippen molar-refractivity contribution >= 4 is 17.0 Å². The van der Waals surface area contributed by atoms with Crippen LogP contribution in [-0.2, 0) is 11.3 Å². The van der Waals surface area contributed by atoms with Crippen molar-refractivity contribution in [2.45, 2.75) is 76.3 Å². The van der Waals surface area contributed by atoms with Gasteiger partial charge in [0.05, 0.1) is 17.4 Å². The molecule has 6 heteroatoms. The van der Waals surface area contributed by atoms with Crippen molar-refractivity contribution in [2.24, 2.45) is 17.8 Å². The number of carboxylic acid groups (broad SMARTS) is 1. The molecule has 3 aromatic rings. The number of hydrogen-bond acceptors (Lipinski definition) is 4. The average Bonchev–Trinajstić information content (AvgIpc) is 3.59. The van der Waals surface area contributed by atoms with E-state index in [0.717, 1.165) is 50.5 Å². The summed E-state index contributed by atoms with van der Waals surface area (Å²) in [6.45, 7) is 6.25. The standard InChI is InChI=1S/C34H46N4O2/c39-34(40)33(28-13-5-2-6-14-28)38-23-29(30(24-38)27-11-3-1-4-12-27)22-36-20-17-26(18-21-36)10-9-19-37-25-35-31-15-7-8-16-32(31)37/h1,3-4,7-8,11-12,15-16,25-26,28-30,33H,2,5-6,9-10,13-14,17-24H2,(H,39,40). The number of carbonyl (C=O) groups is 1. The van der Waals surface area contributed by atoms with Crippen molar-refractivity contribution in [1.29, 1.82) is 0 Å². The predicted molar refractivity (Wildman–Crippen MR) is 160 cm³/mol. The van der Waals surface area contributed by atoms with Crippen LogP contribution in [0.2, 0.25) is 0 Å². The van der Waals surface area contributed by atoms with Gasteiger partial charge in [-0.25, -0.2) is 4.98 Å². The maximum absolute atomic E-state index is 12.5. The number of carboxylic acids is 1. The molecule has 3 unspecified atom stereocenters. The smallest absolute Gasteiger partial charge is 0.321 e. The van der Waals surface area contributed by atoms with Crippen LogP contribution < -0.4 is 0 Å². The van der Waals surface area contributed by atoms with Crippen LogP contribution in [0, 0.1) is 17.8 Å². The lowest BCUT2D eigenvalue weighted by Crippen LogP contribution is -2.46. The van der Waals surface area contributed by atoms with E-state index in [4.69, 9.17) is 0 Å². The monoisotopic (exact) mass is 542 g/mol. The number of aryl methyl sites for hydroxylation is 1. The number of rotatable bonds is 10. The van der Waals surface area contributed by atoms with Gasteiger partial charge in [-0.1, -0.05) is 61.7 Å². The van der Waals surface area contributed by atoms with Crippen LogP contribution in [0.25, 0.3) is 11.0 Å². The average molecular weight is 543 g/mol. The van der Waals surface area contributed by atoms with Crippen LogP contribution in [0.5, 0.6) is 0 Å². The predicted octanol–water partition coefficient (Wildman–Crippen LogP) is 6.28. The van der Waals surface area contributed by atoms with Gasteiger partial charge in [0.1, 0.15) is 6.04 Å². The molecule has 0 amide bonds. The first-order valence-corrected chi connectivity index (χ1v) is 15.8. The van der Waals surface area contributed by atoms with E-state index in [9.17, 15) is 9.90 Å². The number of fused-ring (bicyclic) bond motifs is 1. The second-order valence-corrected chi connectivity index (χ2v) is 12.7. The fraction of sp³-hybridized carbons (Fsp3) is 0.588. The number of piperidine rings is 1. The van der Waals surface area contributed by atoms with E-state index in [0.29, 0.717) is 17.8 Å². The number of para-hydroxylation sites is 2. The van der Waals surface area contributed by atoms with Gasteiger partial charge in [-0.3, -0.25) is 9.69 Å². The highest BCUT2D eigenvalue weighted by molar-refractivity contribution is 5.75. The minimum Gasteiger partial charge on any atom is -0.480 e. The van der Waals surface area contributed by atoms with Crippen LogP contribution in [0.4, 0.5) is 0 Å². The second kappa shape index (κ2) is 12.9. The Labute approximate surface area is 239 Å². The number of likely N-dealkylation sites (tertiary alicyclic amines) is 2. The Kier molecular flexibility index (Phi) is 8.83. The lowest BCUT2D eigenvalue weighted by Gasteiger charge is -2.35. The maximum atomic E-state index is 12.5. The van der Waals surface area contributed by atoms with Crippen molar-refractivity contribution in [3.05, 3.63) is 66.5 Å². The zero-order valence-corrected chi connectivity index (χ0v) is 23.9. The Morgan fingerprint density at radius 3 is 2.45 bits per heavy atom. The van der Waals surface area contributed by atoms with E-state index in [1.54, 1.807) is 0 Å². The fourth-order valence-electron chi connectivity index (χ4n) is 8.03. The minimum atomic E-state index is -0.608. The highest BCUT2D eigenvalue weighted by Crippen LogP contribution is 2.38. The van der Waals surface area contributed by atoms with E-state index in [2.05, 4.69) is 73.9 Å². The Bertz CT molecular complexity index is 1230. The third kappa shape index (κ3) is 6.28. The molecule has 6 rings (SSSR count). The Morgan fingerprint density at radius 1 is 0.925 bits per heavy atom. The Balaban J connectivity index is 1.04. The van der Waals surface area contributed by atoms with Gasteiger partial charge in [-0.15, -0.1) is 0 Å². The molecule has 3 heterocycles. The van der Waals surface area contributed by atoms with Gasteiger partial charge >= 0.3 is 5.97 Å². The number of aromatic nitrogens is 2. The molecule has 214 valence electrons. The van der Waals surface area contributed by atoms with Crippen LogP contribution in [0.3, 0.4) is 0 Å². The summed E-state index contributed by atoms with van der Waals surface area (Å²) in [7, 11) is 0. The number of benzene rings is 2. The summed E-state index contributed by atoms with van der Waals surface area (Å²) in [5.74, 6) is 1.40. The molecule has 1 saturated carbocycles. The van der Waals surface area contributed by atoms with E-state index < -0.39 is 5.97 Å². The lowest BCUT2D eigenvalue weighted by molar-refractivity contribution is -0.145. The van der Waals surface area contributed by atoms with E-state index >= 15 is 0 Å². The van der Waals surface area contributed by atoms with E-state index in [-0.39, 0.29) is 6.04 Å². The normalized spacial score (nSPS) is 24.5. The summed E-state index contributed by atoms with van der Waals surface area (Å²) in [5.41, 5.74) is 3.71. The molecular weight excluding hydrogens is 496 g/mol. The van der Waals surface area contributed by atoms with Crippen LogP contribution in [0.15, 0.2) is 60.9 Å². The van der Waals surface area contributed by atoms with Crippen LogP contribution >= 0.6 is 0 Å². The zero-order valence-electron chi connectivity index (χ0n) is 23.9. The molecule has 1 N–H and O–H groups in total. The van der Waals surface area contributed by atoms with Gasteiger partial charge in [0.2, 0.25) is 0 Å². The summed E-state index contributed by atoms with van der Waals surface area (Å²) in [4.78, 5) is 22.1. The highest BCUT2D eigenvalue weighted by Gasteiger charge is 2.43. The molecule has 0 bridgehead atoms. The molecule has 1 aromatic heterocycles. The molecule has 3 atom stereocenters. The van der Waals surface area contributed by atoms with Crippen molar-refractivity contribution in [2.75, 3.05) is 32.7 Å². The van der Waals surface area contributed by atoms with E-state index in [1.807, 2.05) is 6.33 Å². The molecule has 1 aliphatic carbocycles. The summed E-state index contributed by atoms with van der Waals surface area (Å²) >= 11 is 0. The third-order valence-electron chi connectivity index (χ3n) is 10.2. The topological polar surface area (TPSA) is 61.6 Å². The van der Waals surface area contributed by atoms with E-state index in [1.165, 1.54) is 69.1 Å². The summed E-state index contributed by atoms with van der Waals surface area (Å²) in [5, 5.41) is 10.3. The minimum absolute atomic E-state index is 0.303. The van der Waals surface area contributed by atoms with Gasteiger partial charge in [0, 0.05) is 32.1 Å². The number of hydrogen-bond donors (Lipinski definition) is 1. The van der Waals surface area contributed by atoms with Gasteiger partial charge in [0.25, 0.3) is 0 Å². The van der Waals surface area contributed by atoms with Crippen molar-refractivity contribution in [3.8, 4) is 0 Å². The first-order valence-electron chi connectivity index (χ1n) is 15.8. The lowest BCUT2D eigenvalue weighted by atomic mass is 9.83. The number of nitrogens with zero attached hydrogens (tertiary/aromatic N) is 4. The Morgan fingerprint density at radius 2 is 1.68 bits per heavy atom. The van der Waals surface area contributed by atoms with Gasteiger partial charge in [-0.2, -0.15) is 0 Å². The summed E-state index contributed by atoms with van der Waals surface area (Å²) in [6.07, 6.45) is 12.8. The molecule has 2 aromatic carbocycles.